The molecule has 3 aromatic rings. The molecule has 27 heavy (non-hydrogen) atoms. The summed E-state index contributed by atoms with van der Waals surface area (Å²) in [5.74, 6) is 1.15. The van der Waals surface area contributed by atoms with Crippen molar-refractivity contribution in [2.75, 3.05) is 7.11 Å². The van der Waals surface area contributed by atoms with Crippen LogP contribution in [-0.2, 0) is 6.42 Å². The number of aromatic amines is 1. The summed E-state index contributed by atoms with van der Waals surface area (Å²) in [5.41, 5.74) is 3.20. The van der Waals surface area contributed by atoms with Gasteiger partial charge in [0.25, 0.3) is 0 Å². The molecule has 4 rings (SSSR count). The Kier molecular flexibility index (Phi) is 4.87. The number of fused-ring (bicyclic) bond motifs is 1. The van der Waals surface area contributed by atoms with Crippen LogP contribution in [0.5, 0.6) is 5.75 Å². The Balaban J connectivity index is 1.71. The number of H-pyrrole nitrogens is 1. The van der Waals surface area contributed by atoms with Gasteiger partial charge in [-0.25, -0.2) is 5.10 Å². The molecule has 0 aliphatic heterocycles. The third-order valence-corrected chi connectivity index (χ3v) is 5.12. The highest BCUT2D eigenvalue weighted by molar-refractivity contribution is 7.71. The van der Waals surface area contributed by atoms with E-state index in [0.29, 0.717) is 17.0 Å². The Morgan fingerprint density at radius 3 is 3.00 bits per heavy atom. The molecule has 0 bridgehead atoms. The highest BCUT2D eigenvalue weighted by atomic mass is 32.1. The largest absolute Gasteiger partial charge is 0.497 e. The quantitative estimate of drug-likeness (QED) is 0.536. The maximum Gasteiger partial charge on any atom is 0.216 e. The summed E-state index contributed by atoms with van der Waals surface area (Å²) in [7, 11) is 1.62. The first-order valence-corrected chi connectivity index (χ1v) is 9.20. The lowest BCUT2D eigenvalue weighted by Crippen LogP contribution is -2.26. The van der Waals surface area contributed by atoms with Gasteiger partial charge < -0.3 is 9.84 Å². The number of hydrogen-bond acceptors (Lipinski definition) is 5. The maximum absolute atomic E-state index is 10.5. The SMILES string of the molecule is COc1cccc(-c2n[nH]c(=S)n2/N=C\[C@@H]2c3ccccc3CC[C@H]2O)c1. The zero-order valence-corrected chi connectivity index (χ0v) is 15.7. The number of rotatable bonds is 4. The van der Waals surface area contributed by atoms with Crippen molar-refractivity contribution in [3.8, 4) is 17.1 Å². The van der Waals surface area contributed by atoms with E-state index in [1.165, 1.54) is 5.56 Å². The first kappa shape index (κ1) is 17.6. The molecule has 0 saturated heterocycles. The van der Waals surface area contributed by atoms with Crippen LogP contribution in [0.4, 0.5) is 0 Å². The molecule has 0 saturated carbocycles. The predicted octanol–water partition coefficient (Wildman–Crippen LogP) is 3.54. The standard InChI is InChI=1S/C20H20N4O2S/c1-26-15-7-4-6-14(11-15)19-22-23-20(27)24(19)21-12-17-16-8-3-2-5-13(16)9-10-18(17)25/h2-8,11-12,17-18,25H,9-10H2,1H3,(H,23,27)/b21-12-/t17-,18-/m1/s1. The smallest absolute Gasteiger partial charge is 0.216 e. The van der Waals surface area contributed by atoms with E-state index in [1.54, 1.807) is 18.0 Å². The number of aliphatic hydroxyl groups is 1. The third kappa shape index (κ3) is 3.43. The highest BCUT2D eigenvalue weighted by Crippen LogP contribution is 2.31. The maximum atomic E-state index is 10.5. The Hall–Kier alpha value is -2.77. The Morgan fingerprint density at radius 2 is 2.15 bits per heavy atom. The van der Waals surface area contributed by atoms with Crippen LogP contribution in [0.2, 0.25) is 0 Å². The van der Waals surface area contributed by atoms with Gasteiger partial charge in [0.1, 0.15) is 5.75 Å². The summed E-state index contributed by atoms with van der Waals surface area (Å²) < 4.78 is 7.26. The van der Waals surface area contributed by atoms with Crippen molar-refractivity contribution < 1.29 is 9.84 Å². The fourth-order valence-electron chi connectivity index (χ4n) is 3.44. The molecule has 0 unspecified atom stereocenters. The lowest BCUT2D eigenvalue weighted by Gasteiger charge is -2.27. The Bertz CT molecular complexity index is 1040. The van der Waals surface area contributed by atoms with Crippen LogP contribution in [0.15, 0.2) is 53.6 Å². The van der Waals surface area contributed by atoms with Gasteiger partial charge in [0.15, 0.2) is 5.82 Å². The van der Waals surface area contributed by atoms with Gasteiger partial charge in [0, 0.05) is 17.7 Å². The second kappa shape index (κ2) is 7.46. The number of aliphatic hydroxyl groups excluding tert-OH is 1. The Labute approximate surface area is 162 Å². The molecule has 2 aromatic carbocycles. The Morgan fingerprint density at radius 1 is 1.30 bits per heavy atom. The van der Waals surface area contributed by atoms with Crippen molar-refractivity contribution in [2.45, 2.75) is 24.9 Å². The molecule has 2 N–H and O–H groups in total. The summed E-state index contributed by atoms with van der Waals surface area (Å²) in [4.78, 5) is 0. The average Bonchev–Trinajstić information content (AvgIpc) is 3.08. The van der Waals surface area contributed by atoms with E-state index in [0.717, 1.165) is 23.3 Å². The molecule has 0 radical (unpaired) electrons. The second-order valence-electron chi connectivity index (χ2n) is 6.49. The topological polar surface area (TPSA) is 75.4 Å². The molecular formula is C20H20N4O2S. The minimum absolute atomic E-state index is 0.176. The van der Waals surface area contributed by atoms with Gasteiger partial charge in [-0.05, 0) is 48.3 Å². The minimum Gasteiger partial charge on any atom is -0.497 e. The van der Waals surface area contributed by atoms with Crippen molar-refractivity contribution >= 4 is 18.4 Å². The lowest BCUT2D eigenvalue weighted by atomic mass is 9.81. The molecule has 0 fully saturated rings. The molecule has 0 amide bonds. The number of benzene rings is 2. The van der Waals surface area contributed by atoms with Crippen molar-refractivity contribution in [1.29, 1.82) is 0 Å². The minimum atomic E-state index is -0.468. The first-order valence-electron chi connectivity index (χ1n) is 8.79. The van der Waals surface area contributed by atoms with Gasteiger partial charge in [-0.3, -0.25) is 0 Å². The van der Waals surface area contributed by atoms with Gasteiger partial charge in [0.05, 0.1) is 13.2 Å². The van der Waals surface area contributed by atoms with Crippen LogP contribution in [-0.4, -0.2) is 39.4 Å². The lowest BCUT2D eigenvalue weighted by molar-refractivity contribution is 0.149. The fraction of sp³-hybridized carbons (Fsp3) is 0.250. The van der Waals surface area contributed by atoms with E-state index < -0.39 is 6.10 Å². The number of ether oxygens (including phenoxy) is 1. The molecule has 7 heteroatoms. The van der Waals surface area contributed by atoms with Crippen LogP contribution in [0.1, 0.15) is 23.5 Å². The number of nitrogens with zero attached hydrogens (tertiary/aromatic N) is 3. The van der Waals surface area contributed by atoms with Crippen LogP contribution in [0, 0.1) is 4.77 Å². The monoisotopic (exact) mass is 380 g/mol. The van der Waals surface area contributed by atoms with Crippen LogP contribution < -0.4 is 4.74 Å². The van der Waals surface area contributed by atoms with Gasteiger partial charge in [-0.15, -0.1) is 0 Å². The van der Waals surface area contributed by atoms with Crippen molar-refractivity contribution in [3.63, 3.8) is 0 Å². The van der Waals surface area contributed by atoms with Crippen LogP contribution in [0.3, 0.4) is 0 Å². The molecule has 6 nitrogen and oxygen atoms in total. The van der Waals surface area contributed by atoms with Gasteiger partial charge in [0.2, 0.25) is 4.77 Å². The molecule has 1 aliphatic carbocycles. The first-order chi connectivity index (χ1) is 13.2. The molecule has 1 aliphatic rings. The summed E-state index contributed by atoms with van der Waals surface area (Å²) in [5, 5.41) is 22.2. The number of aromatic nitrogens is 3. The van der Waals surface area contributed by atoms with E-state index in [1.807, 2.05) is 42.5 Å². The molecule has 0 spiro atoms. The molecule has 1 aromatic heterocycles. The van der Waals surface area contributed by atoms with Gasteiger partial charge >= 0.3 is 0 Å². The van der Waals surface area contributed by atoms with E-state index in [2.05, 4.69) is 21.4 Å². The van der Waals surface area contributed by atoms with E-state index in [-0.39, 0.29) is 5.92 Å². The molecule has 138 valence electrons. The van der Waals surface area contributed by atoms with Crippen molar-refractivity contribution in [2.24, 2.45) is 5.10 Å². The van der Waals surface area contributed by atoms with E-state index in [9.17, 15) is 5.11 Å². The van der Waals surface area contributed by atoms with Gasteiger partial charge in [-0.1, -0.05) is 36.4 Å². The van der Waals surface area contributed by atoms with Crippen molar-refractivity contribution in [3.05, 3.63) is 64.4 Å². The summed E-state index contributed by atoms with van der Waals surface area (Å²) >= 11 is 5.35. The normalized spacial score (nSPS) is 19.2. The third-order valence-electron chi connectivity index (χ3n) is 4.86. The molecular weight excluding hydrogens is 360 g/mol. The van der Waals surface area contributed by atoms with E-state index in [4.69, 9.17) is 17.0 Å². The zero-order chi connectivity index (χ0) is 18.8. The van der Waals surface area contributed by atoms with Crippen LogP contribution in [0.25, 0.3) is 11.4 Å². The fourth-order valence-corrected chi connectivity index (χ4v) is 3.62. The zero-order valence-electron chi connectivity index (χ0n) is 14.9. The highest BCUT2D eigenvalue weighted by Gasteiger charge is 2.26. The number of nitrogens with one attached hydrogen (secondary N) is 1. The van der Waals surface area contributed by atoms with E-state index >= 15 is 0 Å². The van der Waals surface area contributed by atoms with Gasteiger partial charge in [-0.2, -0.15) is 14.9 Å². The number of hydrogen-bond donors (Lipinski definition) is 2. The molecule has 1 heterocycles. The number of aryl methyl sites for hydroxylation is 1. The summed E-state index contributed by atoms with van der Waals surface area (Å²) in [6.07, 6.45) is 2.89. The summed E-state index contributed by atoms with van der Waals surface area (Å²) in [6.45, 7) is 0. The predicted molar refractivity (Wildman–Crippen MR) is 107 cm³/mol. The van der Waals surface area contributed by atoms with Crippen LogP contribution >= 0.6 is 12.2 Å². The molecule has 2 atom stereocenters. The average molecular weight is 380 g/mol. The number of methoxy groups -OCH3 is 1. The second-order valence-corrected chi connectivity index (χ2v) is 6.88. The summed E-state index contributed by atoms with van der Waals surface area (Å²) in [6, 6.07) is 15.7. The van der Waals surface area contributed by atoms with Crippen molar-refractivity contribution in [1.82, 2.24) is 14.9 Å².